The number of aromatic nitrogens is 3. The molecule has 0 unspecified atom stereocenters. The number of aliphatic hydroxyl groups excluding tert-OH is 1. The zero-order valence-corrected chi connectivity index (χ0v) is 10.3. The van der Waals surface area contributed by atoms with Crippen LogP contribution in [0.1, 0.15) is 11.4 Å². The molecular weight excluding hydrogens is 256 g/mol. The van der Waals surface area contributed by atoms with E-state index in [1.165, 1.54) is 23.9 Å². The summed E-state index contributed by atoms with van der Waals surface area (Å²) >= 11 is 1.24. The Bertz CT molecular complexity index is 584. The van der Waals surface area contributed by atoms with Crippen molar-refractivity contribution in [1.82, 2.24) is 15.2 Å². The zero-order chi connectivity index (χ0) is 13.1. The molecule has 94 valence electrons. The van der Waals surface area contributed by atoms with Crippen LogP contribution in [0.25, 0.3) is 0 Å². The van der Waals surface area contributed by atoms with Crippen molar-refractivity contribution >= 4 is 17.4 Å². The van der Waals surface area contributed by atoms with E-state index >= 15 is 0 Å². The third-order valence-corrected chi connectivity index (χ3v) is 3.19. The van der Waals surface area contributed by atoms with Gasteiger partial charge in [0.2, 0.25) is 5.16 Å². The van der Waals surface area contributed by atoms with Crippen molar-refractivity contribution in [2.45, 2.75) is 23.6 Å². The molecule has 1 aromatic carbocycles. The minimum absolute atomic E-state index is 0.0467. The van der Waals surface area contributed by atoms with Gasteiger partial charge in [0.1, 0.15) is 5.82 Å². The van der Waals surface area contributed by atoms with Crippen LogP contribution in [0.3, 0.4) is 0 Å². The van der Waals surface area contributed by atoms with Gasteiger partial charge in [-0.2, -0.15) is 0 Å². The second-order valence-corrected chi connectivity index (χ2v) is 4.52. The number of aliphatic hydroxyl groups is 1. The fraction of sp³-hybridized carbons (Fsp3) is 0.200. The third kappa shape index (κ3) is 2.66. The molecule has 0 aliphatic heterocycles. The Kier molecular flexibility index (Phi) is 3.58. The molecule has 0 aliphatic carbocycles. The number of nitrogens with zero attached hydrogens (tertiary/aromatic N) is 3. The standard InChI is InChI=1S/C10H10N4O3S/c1-6-11-10(13-12-6)18-9-3-2-8(14(16)17)4-7(9)5-15/h2-4,15H,5H2,1H3,(H,11,12,13). The predicted octanol–water partition coefficient (Wildman–Crippen LogP) is 1.66. The monoisotopic (exact) mass is 266 g/mol. The van der Waals surface area contributed by atoms with Crippen LogP contribution in [0, 0.1) is 17.0 Å². The van der Waals surface area contributed by atoms with Crippen LogP contribution in [0.4, 0.5) is 5.69 Å². The Balaban J connectivity index is 2.30. The Morgan fingerprint density at radius 2 is 2.33 bits per heavy atom. The van der Waals surface area contributed by atoms with Gasteiger partial charge in [-0.25, -0.2) is 4.98 Å². The van der Waals surface area contributed by atoms with Crippen molar-refractivity contribution in [3.8, 4) is 0 Å². The molecule has 0 saturated carbocycles. The Morgan fingerprint density at radius 3 is 2.89 bits per heavy atom. The summed E-state index contributed by atoms with van der Waals surface area (Å²) in [6, 6.07) is 4.32. The van der Waals surface area contributed by atoms with Gasteiger partial charge in [-0.3, -0.25) is 15.2 Å². The summed E-state index contributed by atoms with van der Waals surface area (Å²) < 4.78 is 0. The van der Waals surface area contributed by atoms with Crippen LogP contribution in [0.2, 0.25) is 0 Å². The molecule has 2 aromatic rings. The summed E-state index contributed by atoms with van der Waals surface area (Å²) in [5.41, 5.74) is 0.436. The number of H-pyrrole nitrogens is 1. The third-order valence-electron chi connectivity index (χ3n) is 2.20. The molecule has 0 atom stereocenters. The first-order valence-electron chi connectivity index (χ1n) is 5.05. The van der Waals surface area contributed by atoms with Gasteiger partial charge in [-0.1, -0.05) is 0 Å². The molecule has 2 rings (SSSR count). The van der Waals surface area contributed by atoms with Gasteiger partial charge in [0.25, 0.3) is 5.69 Å². The molecular formula is C10H10N4O3S. The first-order chi connectivity index (χ1) is 8.60. The van der Waals surface area contributed by atoms with Crippen LogP contribution < -0.4 is 0 Å². The molecule has 0 amide bonds. The Labute approximate surface area is 106 Å². The van der Waals surface area contributed by atoms with Gasteiger partial charge in [-0.05, 0) is 30.3 Å². The van der Waals surface area contributed by atoms with Gasteiger partial charge in [-0.15, -0.1) is 5.10 Å². The van der Waals surface area contributed by atoms with Gasteiger partial charge in [0.15, 0.2) is 0 Å². The summed E-state index contributed by atoms with van der Waals surface area (Å²) in [6.07, 6.45) is 0. The van der Waals surface area contributed by atoms with Crippen molar-refractivity contribution < 1.29 is 10.0 Å². The van der Waals surface area contributed by atoms with E-state index in [9.17, 15) is 15.2 Å². The number of aryl methyl sites for hydroxylation is 1. The second kappa shape index (κ2) is 5.15. The normalized spacial score (nSPS) is 10.6. The summed E-state index contributed by atoms with van der Waals surface area (Å²) in [5, 5.41) is 27.0. The SMILES string of the molecule is Cc1nc(Sc2ccc([N+](=O)[O-])cc2CO)n[nH]1. The number of nitrogens with one attached hydrogen (secondary N) is 1. The lowest BCUT2D eigenvalue weighted by atomic mass is 10.2. The Hall–Kier alpha value is -1.93. The van der Waals surface area contributed by atoms with Crippen LogP contribution >= 0.6 is 11.8 Å². The van der Waals surface area contributed by atoms with Crippen LogP contribution in [-0.4, -0.2) is 25.2 Å². The molecule has 1 aromatic heterocycles. The largest absolute Gasteiger partial charge is 0.392 e. The maximum Gasteiger partial charge on any atom is 0.269 e. The van der Waals surface area contributed by atoms with E-state index in [1.54, 1.807) is 13.0 Å². The highest BCUT2D eigenvalue weighted by atomic mass is 32.2. The van der Waals surface area contributed by atoms with Gasteiger partial charge in [0, 0.05) is 17.0 Å². The molecule has 0 fully saturated rings. The lowest BCUT2D eigenvalue weighted by molar-refractivity contribution is -0.385. The van der Waals surface area contributed by atoms with E-state index in [2.05, 4.69) is 15.2 Å². The van der Waals surface area contributed by atoms with Crippen molar-refractivity contribution in [1.29, 1.82) is 0 Å². The summed E-state index contributed by atoms with van der Waals surface area (Å²) in [5.74, 6) is 0.685. The van der Waals surface area contributed by atoms with Crippen molar-refractivity contribution in [2.75, 3.05) is 0 Å². The van der Waals surface area contributed by atoms with E-state index in [1.807, 2.05) is 0 Å². The van der Waals surface area contributed by atoms with E-state index < -0.39 is 4.92 Å². The zero-order valence-electron chi connectivity index (χ0n) is 9.45. The number of non-ortho nitro benzene ring substituents is 1. The van der Waals surface area contributed by atoms with Gasteiger partial charge >= 0.3 is 0 Å². The molecule has 2 N–H and O–H groups in total. The quantitative estimate of drug-likeness (QED) is 0.644. The summed E-state index contributed by atoms with van der Waals surface area (Å²) in [4.78, 5) is 15.0. The molecule has 0 spiro atoms. The Morgan fingerprint density at radius 1 is 1.56 bits per heavy atom. The second-order valence-electron chi connectivity index (χ2n) is 3.51. The minimum Gasteiger partial charge on any atom is -0.392 e. The molecule has 8 heteroatoms. The number of nitro groups is 1. The van der Waals surface area contributed by atoms with Crippen molar-refractivity contribution in [2.24, 2.45) is 0 Å². The average molecular weight is 266 g/mol. The minimum atomic E-state index is -0.495. The first-order valence-corrected chi connectivity index (χ1v) is 5.87. The average Bonchev–Trinajstić information content (AvgIpc) is 2.75. The number of aromatic amines is 1. The fourth-order valence-electron chi connectivity index (χ4n) is 1.37. The van der Waals surface area contributed by atoms with E-state index in [-0.39, 0.29) is 12.3 Å². The maximum atomic E-state index is 10.6. The van der Waals surface area contributed by atoms with Crippen LogP contribution in [-0.2, 0) is 6.61 Å². The topological polar surface area (TPSA) is 105 Å². The highest BCUT2D eigenvalue weighted by Gasteiger charge is 2.12. The number of rotatable bonds is 4. The molecule has 1 heterocycles. The lowest BCUT2D eigenvalue weighted by Crippen LogP contribution is -1.93. The molecule has 0 saturated heterocycles. The lowest BCUT2D eigenvalue weighted by Gasteiger charge is -2.04. The molecule has 0 radical (unpaired) electrons. The first kappa shape index (κ1) is 12.5. The summed E-state index contributed by atoms with van der Waals surface area (Å²) in [7, 11) is 0. The van der Waals surface area contributed by atoms with Gasteiger partial charge < -0.3 is 5.11 Å². The summed E-state index contributed by atoms with van der Waals surface area (Å²) in [6.45, 7) is 1.51. The molecule has 0 bridgehead atoms. The van der Waals surface area contributed by atoms with Crippen LogP contribution in [0.5, 0.6) is 0 Å². The van der Waals surface area contributed by atoms with Crippen molar-refractivity contribution in [3.63, 3.8) is 0 Å². The molecule has 0 aliphatic rings. The van der Waals surface area contributed by atoms with E-state index in [0.29, 0.717) is 21.4 Å². The van der Waals surface area contributed by atoms with Gasteiger partial charge in [0.05, 0.1) is 11.5 Å². The smallest absolute Gasteiger partial charge is 0.269 e. The fourth-order valence-corrected chi connectivity index (χ4v) is 2.23. The highest BCUT2D eigenvalue weighted by molar-refractivity contribution is 7.99. The number of nitro benzene ring substituents is 1. The molecule has 18 heavy (non-hydrogen) atoms. The highest BCUT2D eigenvalue weighted by Crippen LogP contribution is 2.30. The van der Waals surface area contributed by atoms with E-state index in [4.69, 9.17) is 0 Å². The van der Waals surface area contributed by atoms with E-state index in [0.717, 1.165) is 0 Å². The molecule has 7 nitrogen and oxygen atoms in total. The number of benzene rings is 1. The van der Waals surface area contributed by atoms with Crippen molar-refractivity contribution in [3.05, 3.63) is 39.7 Å². The maximum absolute atomic E-state index is 10.6. The number of hydrogen-bond acceptors (Lipinski definition) is 6. The predicted molar refractivity (Wildman–Crippen MR) is 64.3 cm³/mol. The number of hydrogen-bond donors (Lipinski definition) is 2. The van der Waals surface area contributed by atoms with Crippen LogP contribution in [0.15, 0.2) is 28.3 Å².